The topological polar surface area (TPSA) is 48.4 Å². The van der Waals surface area contributed by atoms with Crippen LogP contribution in [0, 0.1) is 0 Å². The smallest absolute Gasteiger partial charge is 0.157 e. The quantitative estimate of drug-likeness (QED) is 0.784. The fraction of sp³-hybridized carbons (Fsp3) is 0.333. The Morgan fingerprint density at radius 3 is 2.93 bits per heavy atom. The molecule has 0 aliphatic heterocycles. The van der Waals surface area contributed by atoms with Crippen LogP contribution in [0.25, 0.3) is 11.0 Å². The molecule has 15 heavy (non-hydrogen) atoms. The Hall–Kier alpha value is -1.48. The van der Waals surface area contributed by atoms with Crippen LogP contribution in [0.5, 0.6) is 0 Å². The molecule has 0 amide bonds. The van der Waals surface area contributed by atoms with E-state index < -0.39 is 0 Å². The van der Waals surface area contributed by atoms with E-state index >= 15 is 0 Å². The summed E-state index contributed by atoms with van der Waals surface area (Å²) >= 11 is 0. The van der Waals surface area contributed by atoms with Crippen molar-refractivity contribution < 1.29 is 9.15 Å². The molecule has 3 nitrogen and oxygen atoms in total. The number of nitrogen functional groups attached to an aromatic ring is 1. The molecule has 0 aliphatic rings. The summed E-state index contributed by atoms with van der Waals surface area (Å²) in [4.78, 5) is 0. The van der Waals surface area contributed by atoms with Crippen molar-refractivity contribution in [2.24, 2.45) is 0 Å². The largest absolute Gasteiger partial charge is 0.462 e. The van der Waals surface area contributed by atoms with Gasteiger partial charge in [-0.05, 0) is 19.9 Å². The first-order valence-electron chi connectivity index (χ1n) is 5.04. The zero-order valence-corrected chi connectivity index (χ0v) is 8.99. The number of anilines is 1. The first kappa shape index (κ1) is 10.1. The zero-order chi connectivity index (χ0) is 10.8. The summed E-state index contributed by atoms with van der Waals surface area (Å²) in [5.41, 5.74) is 8.26. The third-order valence-corrected chi connectivity index (χ3v) is 2.28. The normalized spacial score (nSPS) is 11.4. The van der Waals surface area contributed by atoms with Crippen LogP contribution in [-0.2, 0) is 11.3 Å². The highest BCUT2D eigenvalue weighted by atomic mass is 16.5. The molecule has 1 aromatic carbocycles. The van der Waals surface area contributed by atoms with Gasteiger partial charge in [-0.1, -0.05) is 12.1 Å². The second-order valence-electron chi connectivity index (χ2n) is 3.84. The Morgan fingerprint density at radius 2 is 2.20 bits per heavy atom. The van der Waals surface area contributed by atoms with E-state index in [9.17, 15) is 0 Å². The maximum absolute atomic E-state index is 5.79. The van der Waals surface area contributed by atoms with Crippen molar-refractivity contribution in [2.45, 2.75) is 26.6 Å². The molecule has 0 atom stereocenters. The molecule has 0 unspecified atom stereocenters. The monoisotopic (exact) mass is 205 g/mol. The van der Waals surface area contributed by atoms with Crippen molar-refractivity contribution in [3.05, 3.63) is 30.0 Å². The molecule has 2 N–H and O–H groups in total. The van der Waals surface area contributed by atoms with E-state index in [2.05, 4.69) is 0 Å². The van der Waals surface area contributed by atoms with Crippen LogP contribution < -0.4 is 5.73 Å². The number of nitrogens with two attached hydrogens (primary N) is 1. The minimum atomic E-state index is 0.219. The third-order valence-electron chi connectivity index (χ3n) is 2.28. The number of furan rings is 1. The highest BCUT2D eigenvalue weighted by Gasteiger charge is 2.08. The number of hydrogen-bond acceptors (Lipinski definition) is 3. The molecule has 1 aromatic heterocycles. The highest BCUT2D eigenvalue weighted by Crippen LogP contribution is 2.26. The Labute approximate surface area is 88.8 Å². The Morgan fingerprint density at radius 1 is 1.40 bits per heavy atom. The number of ether oxygens (including phenoxy) is 1. The van der Waals surface area contributed by atoms with Crippen molar-refractivity contribution in [1.82, 2.24) is 0 Å². The third kappa shape index (κ3) is 1.97. The van der Waals surface area contributed by atoms with Crippen LogP contribution in [0.2, 0.25) is 0 Å². The van der Waals surface area contributed by atoms with Gasteiger partial charge in [-0.25, -0.2) is 0 Å². The number of rotatable bonds is 3. The van der Waals surface area contributed by atoms with Gasteiger partial charge in [0.2, 0.25) is 0 Å². The SMILES string of the molecule is CC(C)OCc1coc2c(N)cccc12. The lowest BCUT2D eigenvalue weighted by molar-refractivity contribution is 0.0660. The van der Waals surface area contributed by atoms with Gasteiger partial charge in [0.1, 0.15) is 0 Å². The van der Waals surface area contributed by atoms with Crippen LogP contribution in [-0.4, -0.2) is 6.10 Å². The molecule has 0 spiro atoms. The van der Waals surface area contributed by atoms with E-state index in [1.54, 1.807) is 6.26 Å². The van der Waals surface area contributed by atoms with Gasteiger partial charge >= 0.3 is 0 Å². The summed E-state index contributed by atoms with van der Waals surface area (Å²) in [7, 11) is 0. The van der Waals surface area contributed by atoms with E-state index in [1.807, 2.05) is 32.0 Å². The first-order valence-corrected chi connectivity index (χ1v) is 5.04. The summed E-state index contributed by atoms with van der Waals surface area (Å²) in [6.45, 7) is 4.58. The molecular formula is C12H15NO2. The van der Waals surface area contributed by atoms with Gasteiger partial charge in [-0.2, -0.15) is 0 Å². The van der Waals surface area contributed by atoms with E-state index in [-0.39, 0.29) is 6.10 Å². The fourth-order valence-corrected chi connectivity index (χ4v) is 1.50. The van der Waals surface area contributed by atoms with Gasteiger partial charge in [0.05, 0.1) is 24.7 Å². The molecule has 0 aliphatic carbocycles. The zero-order valence-electron chi connectivity index (χ0n) is 8.99. The summed E-state index contributed by atoms with van der Waals surface area (Å²) in [6.07, 6.45) is 1.93. The van der Waals surface area contributed by atoms with Gasteiger partial charge in [0.15, 0.2) is 5.58 Å². The molecule has 0 bridgehead atoms. The molecule has 1 heterocycles. The maximum atomic E-state index is 5.79. The fourth-order valence-electron chi connectivity index (χ4n) is 1.50. The lowest BCUT2D eigenvalue weighted by Gasteiger charge is -2.05. The molecule has 3 heteroatoms. The molecule has 0 saturated heterocycles. The van der Waals surface area contributed by atoms with E-state index in [0.29, 0.717) is 12.3 Å². The molecule has 0 saturated carbocycles. The summed E-state index contributed by atoms with van der Waals surface area (Å²) < 4.78 is 10.9. The first-order chi connectivity index (χ1) is 7.18. The summed E-state index contributed by atoms with van der Waals surface area (Å²) in [5.74, 6) is 0. The van der Waals surface area contributed by atoms with Crippen molar-refractivity contribution in [3.63, 3.8) is 0 Å². The summed E-state index contributed by atoms with van der Waals surface area (Å²) in [5, 5.41) is 1.04. The Bertz CT molecular complexity index is 460. The summed E-state index contributed by atoms with van der Waals surface area (Å²) in [6, 6.07) is 5.75. The van der Waals surface area contributed by atoms with Crippen molar-refractivity contribution in [2.75, 3.05) is 5.73 Å². The van der Waals surface area contributed by atoms with Crippen LogP contribution in [0.3, 0.4) is 0 Å². The minimum Gasteiger partial charge on any atom is -0.462 e. The Balaban J connectivity index is 2.33. The lowest BCUT2D eigenvalue weighted by Crippen LogP contribution is -2.01. The predicted molar refractivity (Wildman–Crippen MR) is 60.6 cm³/mol. The lowest BCUT2D eigenvalue weighted by atomic mass is 10.1. The second-order valence-corrected chi connectivity index (χ2v) is 3.84. The van der Waals surface area contributed by atoms with Crippen LogP contribution >= 0.6 is 0 Å². The number of hydrogen-bond donors (Lipinski definition) is 1. The molecular weight excluding hydrogens is 190 g/mol. The van der Waals surface area contributed by atoms with Gasteiger partial charge in [0.25, 0.3) is 0 Å². The standard InChI is InChI=1S/C12H15NO2/c1-8(2)14-6-9-7-15-12-10(9)4-3-5-11(12)13/h3-5,7-8H,6,13H2,1-2H3. The number of para-hydroxylation sites is 1. The van der Waals surface area contributed by atoms with Crippen LogP contribution in [0.15, 0.2) is 28.9 Å². The molecule has 2 aromatic rings. The van der Waals surface area contributed by atoms with Gasteiger partial charge in [0, 0.05) is 10.9 Å². The molecule has 2 rings (SSSR count). The molecule has 80 valence electrons. The number of fused-ring (bicyclic) bond motifs is 1. The average Bonchev–Trinajstić information content (AvgIpc) is 2.59. The van der Waals surface area contributed by atoms with E-state index in [0.717, 1.165) is 16.5 Å². The van der Waals surface area contributed by atoms with Crippen molar-refractivity contribution in [1.29, 1.82) is 0 Å². The second kappa shape index (κ2) is 3.95. The Kier molecular flexibility index (Phi) is 2.64. The molecule has 0 fully saturated rings. The van der Waals surface area contributed by atoms with Crippen molar-refractivity contribution >= 4 is 16.7 Å². The van der Waals surface area contributed by atoms with Crippen LogP contribution in [0.1, 0.15) is 19.4 Å². The highest BCUT2D eigenvalue weighted by molar-refractivity contribution is 5.90. The predicted octanol–water partition coefficient (Wildman–Crippen LogP) is 2.94. The average molecular weight is 205 g/mol. The van der Waals surface area contributed by atoms with Gasteiger partial charge in [-0.15, -0.1) is 0 Å². The van der Waals surface area contributed by atoms with E-state index in [4.69, 9.17) is 14.9 Å². The van der Waals surface area contributed by atoms with Crippen molar-refractivity contribution in [3.8, 4) is 0 Å². The minimum absolute atomic E-state index is 0.219. The van der Waals surface area contributed by atoms with Gasteiger partial charge < -0.3 is 14.9 Å². The van der Waals surface area contributed by atoms with Gasteiger partial charge in [-0.3, -0.25) is 0 Å². The maximum Gasteiger partial charge on any atom is 0.157 e. The molecule has 0 radical (unpaired) electrons. The van der Waals surface area contributed by atoms with Crippen LogP contribution in [0.4, 0.5) is 5.69 Å². The van der Waals surface area contributed by atoms with E-state index in [1.165, 1.54) is 0 Å². The number of benzene rings is 1.